The van der Waals surface area contributed by atoms with Gasteiger partial charge in [0.25, 0.3) is 0 Å². The van der Waals surface area contributed by atoms with Crippen LogP contribution in [0.15, 0.2) is 47.0 Å². The molecular weight excluding hydrogens is 362 g/mol. The molecule has 1 unspecified atom stereocenters. The molecule has 0 amide bonds. The lowest BCUT2D eigenvalue weighted by Gasteiger charge is -2.29. The third-order valence-electron chi connectivity index (χ3n) is 4.84. The zero-order valence-corrected chi connectivity index (χ0v) is 14.7. The lowest BCUT2D eigenvalue weighted by atomic mass is 9.86. The summed E-state index contributed by atoms with van der Waals surface area (Å²) in [6.07, 6.45) is 0.489. The zero-order valence-electron chi connectivity index (χ0n) is 13.1. The Morgan fingerprint density at radius 1 is 1.12 bits per heavy atom. The van der Waals surface area contributed by atoms with Gasteiger partial charge in [-0.15, -0.1) is 0 Å². The Balaban J connectivity index is 1.78. The molecule has 0 saturated heterocycles. The van der Waals surface area contributed by atoms with Gasteiger partial charge < -0.3 is 14.8 Å². The minimum Gasteiger partial charge on any atom is -0.454 e. The molecule has 0 fully saturated rings. The minimum atomic E-state index is -3.31. The van der Waals surface area contributed by atoms with Gasteiger partial charge in [-0.3, -0.25) is 0 Å². The van der Waals surface area contributed by atoms with Crippen LogP contribution in [0.5, 0.6) is 11.5 Å². The summed E-state index contributed by atoms with van der Waals surface area (Å²) in [7, 11) is -3.31. The van der Waals surface area contributed by atoms with Crippen molar-refractivity contribution < 1.29 is 17.9 Å². The second-order valence-corrected chi connectivity index (χ2v) is 8.83. The van der Waals surface area contributed by atoms with Crippen LogP contribution in [0.2, 0.25) is 5.02 Å². The van der Waals surface area contributed by atoms with Crippen LogP contribution in [-0.2, 0) is 9.84 Å². The zero-order chi connectivity index (χ0) is 17.2. The predicted octanol–water partition coefficient (Wildman–Crippen LogP) is 3.66. The van der Waals surface area contributed by atoms with E-state index < -0.39 is 15.8 Å². The van der Waals surface area contributed by atoms with Crippen LogP contribution in [0.1, 0.15) is 23.5 Å². The van der Waals surface area contributed by atoms with E-state index in [9.17, 15) is 8.42 Å². The van der Waals surface area contributed by atoms with E-state index in [1.807, 2.05) is 30.3 Å². The molecule has 0 saturated carbocycles. The Labute approximate surface area is 150 Å². The smallest absolute Gasteiger partial charge is 0.231 e. The summed E-state index contributed by atoms with van der Waals surface area (Å²) >= 11 is 6.17. The number of fused-ring (bicyclic) bond motifs is 2. The largest absolute Gasteiger partial charge is 0.454 e. The quantitative estimate of drug-likeness (QED) is 0.824. The van der Waals surface area contributed by atoms with E-state index in [-0.39, 0.29) is 12.5 Å². The Morgan fingerprint density at radius 2 is 1.92 bits per heavy atom. The molecule has 3 heterocycles. The van der Waals surface area contributed by atoms with E-state index in [0.29, 0.717) is 27.8 Å². The van der Waals surface area contributed by atoms with Gasteiger partial charge in [-0.25, -0.2) is 8.42 Å². The molecular formula is C18H14ClNO4S. The van der Waals surface area contributed by atoms with Crippen molar-refractivity contribution in [3.05, 3.63) is 63.1 Å². The number of hydrogen-bond donors (Lipinski definition) is 1. The molecule has 5 rings (SSSR count). The molecule has 0 bridgehead atoms. The van der Waals surface area contributed by atoms with Crippen molar-refractivity contribution in [1.29, 1.82) is 0 Å². The van der Waals surface area contributed by atoms with Crippen molar-refractivity contribution in [1.82, 2.24) is 0 Å². The Morgan fingerprint density at radius 3 is 2.72 bits per heavy atom. The van der Waals surface area contributed by atoms with Crippen molar-refractivity contribution in [3.8, 4) is 11.5 Å². The Kier molecular flexibility index (Phi) is 3.12. The third kappa shape index (κ3) is 2.24. The highest BCUT2D eigenvalue weighted by Gasteiger charge is 2.41. The summed E-state index contributed by atoms with van der Waals surface area (Å²) in [5, 5.41) is 3.87. The highest BCUT2D eigenvalue weighted by Crippen LogP contribution is 2.51. The molecule has 0 spiro atoms. The first-order chi connectivity index (χ1) is 12.0. The molecule has 1 N–H and O–H groups in total. The number of allylic oxidation sites excluding steroid dienone is 2. The summed E-state index contributed by atoms with van der Waals surface area (Å²) in [4.78, 5) is 0.445. The van der Waals surface area contributed by atoms with Crippen LogP contribution in [0.25, 0.3) is 0 Å². The van der Waals surface area contributed by atoms with Crippen molar-refractivity contribution in [2.75, 3.05) is 17.9 Å². The van der Waals surface area contributed by atoms with Gasteiger partial charge in [0.05, 0.1) is 10.7 Å². The van der Waals surface area contributed by atoms with Crippen molar-refractivity contribution in [2.45, 2.75) is 12.3 Å². The maximum absolute atomic E-state index is 12.7. The van der Waals surface area contributed by atoms with E-state index in [2.05, 4.69) is 5.32 Å². The molecule has 5 nitrogen and oxygen atoms in total. The van der Waals surface area contributed by atoms with Gasteiger partial charge in [0.1, 0.15) is 0 Å². The number of ether oxygens (including phenoxy) is 2. The van der Waals surface area contributed by atoms with E-state index >= 15 is 0 Å². The molecule has 3 aliphatic rings. The molecule has 128 valence electrons. The fourth-order valence-corrected chi connectivity index (χ4v) is 5.80. The molecule has 3 aliphatic heterocycles. The molecule has 7 heteroatoms. The number of hydrogen-bond acceptors (Lipinski definition) is 5. The molecule has 0 aromatic heterocycles. The van der Waals surface area contributed by atoms with Crippen LogP contribution in [0, 0.1) is 0 Å². The normalized spacial score (nSPS) is 22.4. The first kappa shape index (κ1) is 15.1. The van der Waals surface area contributed by atoms with Gasteiger partial charge in [0.2, 0.25) is 6.79 Å². The van der Waals surface area contributed by atoms with Crippen LogP contribution in [0.4, 0.5) is 5.69 Å². The molecule has 0 radical (unpaired) electrons. The first-order valence-corrected chi connectivity index (χ1v) is 9.98. The second-order valence-electron chi connectivity index (χ2n) is 6.32. The lowest BCUT2D eigenvalue weighted by molar-refractivity contribution is 0.174. The number of nitrogens with one attached hydrogen (secondary N) is 1. The summed E-state index contributed by atoms with van der Waals surface area (Å²) in [5.74, 6) is 1.03. The van der Waals surface area contributed by atoms with Gasteiger partial charge in [-0.05, 0) is 29.3 Å². The fourth-order valence-electron chi connectivity index (χ4n) is 3.76. The SMILES string of the molecule is O=S1(=O)CCC2=C1C(c1cccc(Cl)c1)c1cc3c(cc1N2)OCO3. The van der Waals surface area contributed by atoms with Gasteiger partial charge >= 0.3 is 0 Å². The lowest BCUT2D eigenvalue weighted by Crippen LogP contribution is -2.19. The standard InChI is InChI=1S/C18H14ClNO4S/c19-11-3-1-2-10(6-11)17-12-7-15-16(24-9-23-15)8-14(12)20-13-4-5-25(21,22)18(13)17/h1-3,6-8,17,20H,4-5,9H2. The summed E-state index contributed by atoms with van der Waals surface area (Å²) in [5.41, 5.74) is 3.32. The third-order valence-corrected chi connectivity index (χ3v) is 6.97. The van der Waals surface area contributed by atoms with Crippen LogP contribution < -0.4 is 14.8 Å². The average Bonchev–Trinajstić information content (AvgIpc) is 3.15. The van der Waals surface area contributed by atoms with Crippen LogP contribution in [0.3, 0.4) is 0 Å². The Hall–Kier alpha value is -2.18. The van der Waals surface area contributed by atoms with Crippen molar-refractivity contribution in [2.24, 2.45) is 0 Å². The highest BCUT2D eigenvalue weighted by molar-refractivity contribution is 7.95. The van der Waals surface area contributed by atoms with E-state index in [4.69, 9.17) is 21.1 Å². The molecule has 25 heavy (non-hydrogen) atoms. The summed E-state index contributed by atoms with van der Waals surface area (Å²) in [6.45, 7) is 0.172. The topological polar surface area (TPSA) is 64.6 Å². The maximum Gasteiger partial charge on any atom is 0.231 e. The molecule has 2 aromatic carbocycles. The van der Waals surface area contributed by atoms with Crippen molar-refractivity contribution >= 4 is 27.1 Å². The minimum absolute atomic E-state index is 0.127. The summed E-state index contributed by atoms with van der Waals surface area (Å²) in [6, 6.07) is 11.1. The monoisotopic (exact) mass is 375 g/mol. The predicted molar refractivity (Wildman–Crippen MR) is 94.9 cm³/mol. The number of anilines is 1. The Bertz CT molecular complexity index is 1050. The maximum atomic E-state index is 12.7. The first-order valence-electron chi connectivity index (χ1n) is 7.95. The number of sulfone groups is 1. The number of halogens is 1. The molecule has 1 atom stereocenters. The number of benzene rings is 2. The van der Waals surface area contributed by atoms with Gasteiger partial charge in [0.15, 0.2) is 21.3 Å². The average molecular weight is 376 g/mol. The molecule has 0 aliphatic carbocycles. The van der Waals surface area contributed by atoms with Crippen LogP contribution >= 0.6 is 11.6 Å². The van der Waals surface area contributed by atoms with Gasteiger partial charge in [-0.1, -0.05) is 23.7 Å². The van der Waals surface area contributed by atoms with Gasteiger partial charge in [0, 0.05) is 34.8 Å². The fraction of sp³-hybridized carbons (Fsp3) is 0.222. The molecule has 2 aromatic rings. The van der Waals surface area contributed by atoms with Crippen molar-refractivity contribution in [3.63, 3.8) is 0 Å². The number of rotatable bonds is 1. The summed E-state index contributed by atoms with van der Waals surface area (Å²) < 4.78 is 36.4. The second kappa shape index (κ2) is 5.16. The highest BCUT2D eigenvalue weighted by atomic mass is 35.5. The van der Waals surface area contributed by atoms with Crippen LogP contribution in [-0.4, -0.2) is 21.0 Å². The van der Waals surface area contributed by atoms with E-state index in [0.717, 1.165) is 22.5 Å². The van der Waals surface area contributed by atoms with Gasteiger partial charge in [-0.2, -0.15) is 0 Å². The van der Waals surface area contributed by atoms with E-state index in [1.165, 1.54) is 0 Å². The van der Waals surface area contributed by atoms with E-state index in [1.54, 1.807) is 6.07 Å².